The van der Waals surface area contributed by atoms with Crippen LogP contribution in [0.4, 0.5) is 0 Å². The smallest absolute Gasteiger partial charge is 0.0796 e. The highest BCUT2D eigenvalue weighted by molar-refractivity contribution is 4.88. The van der Waals surface area contributed by atoms with Crippen molar-refractivity contribution in [3.8, 4) is 0 Å². The van der Waals surface area contributed by atoms with Crippen molar-refractivity contribution in [3.05, 3.63) is 11.9 Å². The Labute approximate surface area is 131 Å². The molecule has 3 nitrogen and oxygen atoms in total. The van der Waals surface area contributed by atoms with Crippen molar-refractivity contribution in [1.82, 2.24) is 15.0 Å². The first kappa shape index (κ1) is 18.2. The fraction of sp³-hybridized carbons (Fsp3) is 0.889. The zero-order valence-electron chi connectivity index (χ0n) is 14.5. The predicted octanol–water partition coefficient (Wildman–Crippen LogP) is 5.85. The van der Waals surface area contributed by atoms with Crippen LogP contribution in [0.15, 0.2) is 6.20 Å². The van der Waals surface area contributed by atoms with Crippen molar-refractivity contribution in [3.63, 3.8) is 0 Å². The van der Waals surface area contributed by atoms with Crippen molar-refractivity contribution in [1.29, 1.82) is 0 Å². The predicted molar refractivity (Wildman–Crippen MR) is 90.5 cm³/mol. The molecule has 1 unspecified atom stereocenters. The number of aromatic nitrogens is 3. The van der Waals surface area contributed by atoms with Crippen molar-refractivity contribution in [2.24, 2.45) is 0 Å². The second-order valence-corrected chi connectivity index (χ2v) is 6.40. The number of hydrogen-bond acceptors (Lipinski definition) is 2. The number of hydrogen-bond donors (Lipinski definition) is 0. The van der Waals surface area contributed by atoms with E-state index in [9.17, 15) is 0 Å². The first-order valence-corrected chi connectivity index (χ1v) is 9.16. The summed E-state index contributed by atoms with van der Waals surface area (Å²) in [6.07, 6.45) is 18.2. The largest absolute Gasteiger partial charge is 0.249 e. The van der Waals surface area contributed by atoms with Gasteiger partial charge in [0, 0.05) is 6.20 Å². The Bertz CT molecular complexity index is 346. The SMILES string of the molecule is CCCCCCCCC(CCCCCC)n1cc(C)nn1. The summed E-state index contributed by atoms with van der Waals surface area (Å²) in [6.45, 7) is 6.58. The molecule has 1 heterocycles. The van der Waals surface area contributed by atoms with Crippen LogP contribution in [0, 0.1) is 6.92 Å². The van der Waals surface area contributed by atoms with Crippen LogP contribution < -0.4 is 0 Å². The topological polar surface area (TPSA) is 30.7 Å². The van der Waals surface area contributed by atoms with Gasteiger partial charge >= 0.3 is 0 Å². The van der Waals surface area contributed by atoms with Crippen LogP contribution in [0.2, 0.25) is 0 Å². The van der Waals surface area contributed by atoms with E-state index in [1.807, 2.05) is 6.92 Å². The van der Waals surface area contributed by atoms with Crippen molar-refractivity contribution in [2.75, 3.05) is 0 Å². The van der Waals surface area contributed by atoms with E-state index in [1.165, 1.54) is 77.0 Å². The summed E-state index contributed by atoms with van der Waals surface area (Å²) in [4.78, 5) is 0. The van der Waals surface area contributed by atoms with Gasteiger partial charge in [0.05, 0.1) is 11.7 Å². The minimum Gasteiger partial charge on any atom is -0.249 e. The zero-order chi connectivity index (χ0) is 15.3. The minimum atomic E-state index is 0.564. The normalized spacial score (nSPS) is 12.7. The number of aryl methyl sites for hydroxylation is 1. The van der Waals surface area contributed by atoms with Gasteiger partial charge < -0.3 is 0 Å². The van der Waals surface area contributed by atoms with Gasteiger partial charge in [-0.2, -0.15) is 0 Å². The second-order valence-electron chi connectivity index (χ2n) is 6.40. The molecule has 1 rings (SSSR count). The van der Waals surface area contributed by atoms with Crippen LogP contribution in [-0.4, -0.2) is 15.0 Å². The van der Waals surface area contributed by atoms with Crippen LogP contribution in [0.5, 0.6) is 0 Å². The maximum Gasteiger partial charge on any atom is 0.0796 e. The van der Waals surface area contributed by atoms with Gasteiger partial charge in [-0.3, -0.25) is 0 Å². The summed E-state index contributed by atoms with van der Waals surface area (Å²) < 4.78 is 2.12. The molecule has 0 saturated carbocycles. The lowest BCUT2D eigenvalue weighted by atomic mass is 10.0. The Hall–Kier alpha value is -0.860. The monoisotopic (exact) mass is 293 g/mol. The molecule has 1 atom stereocenters. The average molecular weight is 293 g/mol. The molecule has 0 spiro atoms. The van der Waals surface area contributed by atoms with Crippen LogP contribution in [-0.2, 0) is 0 Å². The molecule has 0 radical (unpaired) electrons. The second kappa shape index (κ2) is 11.8. The lowest BCUT2D eigenvalue weighted by Crippen LogP contribution is -2.10. The number of nitrogens with zero attached hydrogens (tertiary/aromatic N) is 3. The summed E-state index contributed by atoms with van der Waals surface area (Å²) in [7, 11) is 0. The van der Waals surface area contributed by atoms with Gasteiger partial charge in [0.2, 0.25) is 0 Å². The quantitative estimate of drug-likeness (QED) is 0.427. The van der Waals surface area contributed by atoms with Gasteiger partial charge in [-0.15, -0.1) is 5.10 Å². The van der Waals surface area contributed by atoms with Gasteiger partial charge in [-0.1, -0.05) is 83.3 Å². The van der Waals surface area contributed by atoms with Crippen molar-refractivity contribution < 1.29 is 0 Å². The number of unbranched alkanes of at least 4 members (excludes halogenated alkanes) is 8. The molecule has 0 amide bonds. The van der Waals surface area contributed by atoms with E-state index in [4.69, 9.17) is 0 Å². The zero-order valence-corrected chi connectivity index (χ0v) is 14.5. The first-order valence-electron chi connectivity index (χ1n) is 9.16. The van der Waals surface area contributed by atoms with Crippen molar-refractivity contribution in [2.45, 2.75) is 104 Å². The molecule has 122 valence electrons. The van der Waals surface area contributed by atoms with Crippen LogP contribution >= 0.6 is 0 Å². The lowest BCUT2D eigenvalue weighted by Gasteiger charge is -2.17. The van der Waals surface area contributed by atoms with E-state index in [2.05, 4.69) is 35.0 Å². The van der Waals surface area contributed by atoms with Crippen LogP contribution in [0.1, 0.15) is 103 Å². The standard InChI is InChI=1S/C18H35N3/c1-4-6-8-10-11-13-15-18(14-12-9-7-5-2)21-16-17(3)19-20-21/h16,18H,4-15H2,1-3H3. The average Bonchev–Trinajstić information content (AvgIpc) is 2.91. The summed E-state index contributed by atoms with van der Waals surface area (Å²) in [5, 5.41) is 8.47. The Morgan fingerprint density at radius 1 is 0.857 bits per heavy atom. The van der Waals surface area contributed by atoms with Gasteiger partial charge in [0.1, 0.15) is 0 Å². The van der Waals surface area contributed by atoms with Crippen LogP contribution in [0.25, 0.3) is 0 Å². The van der Waals surface area contributed by atoms with E-state index >= 15 is 0 Å². The number of rotatable bonds is 13. The lowest BCUT2D eigenvalue weighted by molar-refractivity contribution is 0.361. The molecule has 0 aliphatic rings. The third-order valence-electron chi connectivity index (χ3n) is 4.28. The van der Waals surface area contributed by atoms with Gasteiger partial charge in [-0.05, 0) is 19.8 Å². The van der Waals surface area contributed by atoms with E-state index in [1.54, 1.807) is 0 Å². The third-order valence-corrected chi connectivity index (χ3v) is 4.28. The molecule has 1 aromatic rings. The highest BCUT2D eigenvalue weighted by Gasteiger charge is 2.12. The maximum atomic E-state index is 4.31. The molecular weight excluding hydrogens is 258 g/mol. The fourth-order valence-corrected chi connectivity index (χ4v) is 2.92. The molecule has 0 N–H and O–H groups in total. The van der Waals surface area contributed by atoms with E-state index < -0.39 is 0 Å². The Balaban J connectivity index is 2.30. The molecule has 0 aliphatic heterocycles. The van der Waals surface area contributed by atoms with Crippen molar-refractivity contribution >= 4 is 0 Å². The Kier molecular flexibility index (Phi) is 10.2. The maximum absolute atomic E-state index is 4.31. The van der Waals surface area contributed by atoms with Gasteiger partial charge in [-0.25, -0.2) is 4.68 Å². The summed E-state index contributed by atoms with van der Waals surface area (Å²) in [6, 6.07) is 0.564. The summed E-state index contributed by atoms with van der Waals surface area (Å²) >= 11 is 0. The highest BCUT2D eigenvalue weighted by Crippen LogP contribution is 2.22. The molecule has 0 bridgehead atoms. The molecule has 0 fully saturated rings. The van der Waals surface area contributed by atoms with Gasteiger partial charge in [0.15, 0.2) is 0 Å². The molecule has 3 heteroatoms. The van der Waals surface area contributed by atoms with E-state index in [0.29, 0.717) is 6.04 Å². The Morgan fingerprint density at radius 3 is 1.90 bits per heavy atom. The highest BCUT2D eigenvalue weighted by atomic mass is 15.4. The summed E-state index contributed by atoms with van der Waals surface area (Å²) in [5.41, 5.74) is 1.04. The Morgan fingerprint density at radius 2 is 1.38 bits per heavy atom. The molecular formula is C18H35N3. The molecule has 0 saturated heterocycles. The van der Waals surface area contributed by atoms with E-state index in [-0.39, 0.29) is 0 Å². The molecule has 1 aromatic heterocycles. The summed E-state index contributed by atoms with van der Waals surface area (Å²) in [5.74, 6) is 0. The first-order chi connectivity index (χ1) is 10.3. The molecule has 21 heavy (non-hydrogen) atoms. The third kappa shape index (κ3) is 8.23. The minimum absolute atomic E-state index is 0.564. The van der Waals surface area contributed by atoms with E-state index in [0.717, 1.165) is 5.69 Å². The fourth-order valence-electron chi connectivity index (χ4n) is 2.92. The van der Waals surface area contributed by atoms with Crippen LogP contribution in [0.3, 0.4) is 0 Å². The molecule has 0 aliphatic carbocycles. The van der Waals surface area contributed by atoms with Gasteiger partial charge in [0.25, 0.3) is 0 Å². The molecule has 0 aromatic carbocycles.